The molecule has 8 nitrogen and oxygen atoms in total. The number of nitrogens with one attached hydrogen (secondary N) is 3. The summed E-state index contributed by atoms with van der Waals surface area (Å²) in [5, 5.41) is 11.9. The Hall–Kier alpha value is -3.95. The second-order valence-electron chi connectivity index (χ2n) is 7.65. The molecule has 5 aromatic rings. The van der Waals surface area contributed by atoms with Crippen molar-refractivity contribution in [3.63, 3.8) is 0 Å². The van der Waals surface area contributed by atoms with Crippen LogP contribution in [0.5, 0.6) is 0 Å². The van der Waals surface area contributed by atoms with Crippen LogP contribution in [0, 0.1) is 6.92 Å². The van der Waals surface area contributed by atoms with E-state index in [4.69, 9.17) is 11.6 Å². The summed E-state index contributed by atoms with van der Waals surface area (Å²) in [6.07, 6.45) is 1.43. The van der Waals surface area contributed by atoms with Crippen LogP contribution in [0.3, 0.4) is 0 Å². The third kappa shape index (κ3) is 4.43. The number of halogens is 1. The van der Waals surface area contributed by atoms with Gasteiger partial charge in [-0.15, -0.1) is 0 Å². The van der Waals surface area contributed by atoms with Gasteiger partial charge < -0.3 is 5.32 Å². The van der Waals surface area contributed by atoms with Crippen molar-refractivity contribution >= 4 is 49.9 Å². The summed E-state index contributed by atoms with van der Waals surface area (Å²) < 4.78 is 28.3. The zero-order valence-corrected chi connectivity index (χ0v) is 19.5. The Kier molecular flexibility index (Phi) is 5.64. The maximum Gasteiger partial charge on any atom is 0.261 e. The molecule has 0 amide bonds. The molecule has 5 rings (SSSR count). The molecule has 0 unspecified atom stereocenters. The van der Waals surface area contributed by atoms with Gasteiger partial charge in [-0.05, 0) is 49.4 Å². The second-order valence-corrected chi connectivity index (χ2v) is 9.77. The average Bonchev–Trinajstić information content (AvgIpc) is 3.25. The standard InChI is InChI=1S/C24H19ClN6O2S/c1-15-8-10-20(11-9-15)34(32,33)31-19-7-2-4-16(12-19)22-21-23(26-14-27-24(21)30-29-22)28-18-6-3-5-17(25)13-18/h2-14,31H,1H3,(H2,26,27,28,29,30). The molecule has 0 aliphatic carbocycles. The third-order valence-corrected chi connectivity index (χ3v) is 6.80. The molecule has 0 fully saturated rings. The van der Waals surface area contributed by atoms with E-state index in [0.717, 1.165) is 11.3 Å². The summed E-state index contributed by atoms with van der Waals surface area (Å²) in [7, 11) is -3.74. The van der Waals surface area contributed by atoms with Crippen LogP contribution >= 0.6 is 11.6 Å². The topological polar surface area (TPSA) is 113 Å². The summed E-state index contributed by atoms with van der Waals surface area (Å²) in [6, 6.07) is 21.0. The van der Waals surface area contributed by atoms with Crippen LogP contribution in [-0.4, -0.2) is 28.6 Å². The lowest BCUT2D eigenvalue weighted by atomic mass is 10.1. The highest BCUT2D eigenvalue weighted by atomic mass is 35.5. The van der Waals surface area contributed by atoms with Gasteiger partial charge in [-0.1, -0.05) is 47.5 Å². The van der Waals surface area contributed by atoms with Crippen LogP contribution in [-0.2, 0) is 10.0 Å². The number of fused-ring (bicyclic) bond motifs is 1. The first-order valence-corrected chi connectivity index (χ1v) is 12.2. The molecule has 34 heavy (non-hydrogen) atoms. The van der Waals surface area contributed by atoms with E-state index < -0.39 is 10.0 Å². The Balaban J connectivity index is 1.51. The molecule has 0 aliphatic rings. The van der Waals surface area contributed by atoms with E-state index in [1.165, 1.54) is 6.33 Å². The predicted octanol–water partition coefficient (Wildman–Crippen LogP) is 5.53. The summed E-state index contributed by atoms with van der Waals surface area (Å²) in [6.45, 7) is 1.90. The zero-order chi connectivity index (χ0) is 23.7. The lowest BCUT2D eigenvalue weighted by molar-refractivity contribution is 0.601. The molecule has 170 valence electrons. The highest BCUT2D eigenvalue weighted by Crippen LogP contribution is 2.33. The molecule has 3 aromatic carbocycles. The Morgan fingerprint density at radius 3 is 2.47 bits per heavy atom. The minimum absolute atomic E-state index is 0.190. The molecule has 3 N–H and O–H groups in total. The normalized spacial score (nSPS) is 11.5. The van der Waals surface area contributed by atoms with Crippen LogP contribution in [0.4, 0.5) is 17.2 Å². The number of benzene rings is 3. The van der Waals surface area contributed by atoms with Gasteiger partial charge in [0.15, 0.2) is 5.65 Å². The van der Waals surface area contributed by atoms with Crippen molar-refractivity contribution < 1.29 is 8.42 Å². The fourth-order valence-corrected chi connectivity index (χ4v) is 4.77. The van der Waals surface area contributed by atoms with Crippen molar-refractivity contribution in [2.75, 3.05) is 10.0 Å². The van der Waals surface area contributed by atoms with Crippen LogP contribution in [0.2, 0.25) is 5.02 Å². The van der Waals surface area contributed by atoms with Gasteiger partial charge in [0.2, 0.25) is 0 Å². The number of sulfonamides is 1. The van der Waals surface area contributed by atoms with Crippen LogP contribution in [0.25, 0.3) is 22.3 Å². The molecular formula is C24H19ClN6O2S. The van der Waals surface area contributed by atoms with Crippen LogP contribution < -0.4 is 10.0 Å². The smallest absolute Gasteiger partial charge is 0.261 e. The molecular weight excluding hydrogens is 472 g/mol. The molecule has 0 saturated carbocycles. The van der Waals surface area contributed by atoms with Crippen LogP contribution in [0.15, 0.2) is 84.0 Å². The lowest BCUT2D eigenvalue weighted by Crippen LogP contribution is -2.12. The van der Waals surface area contributed by atoms with Gasteiger partial charge in [0, 0.05) is 22.0 Å². The first kappa shape index (κ1) is 21.9. The van der Waals surface area contributed by atoms with E-state index in [1.807, 2.05) is 25.1 Å². The largest absolute Gasteiger partial charge is 0.339 e. The zero-order valence-electron chi connectivity index (χ0n) is 17.9. The molecule has 0 saturated heterocycles. The van der Waals surface area contributed by atoms with Crippen LogP contribution in [0.1, 0.15) is 5.56 Å². The van der Waals surface area contributed by atoms with Crippen molar-refractivity contribution in [1.82, 2.24) is 20.2 Å². The minimum Gasteiger partial charge on any atom is -0.339 e. The van der Waals surface area contributed by atoms with E-state index in [1.54, 1.807) is 54.6 Å². The second kappa shape index (κ2) is 8.77. The lowest BCUT2D eigenvalue weighted by Gasteiger charge is -2.10. The molecule has 0 radical (unpaired) electrons. The van der Waals surface area contributed by atoms with Crippen molar-refractivity contribution in [3.8, 4) is 11.3 Å². The molecule has 0 spiro atoms. The minimum atomic E-state index is -3.74. The highest BCUT2D eigenvalue weighted by Gasteiger charge is 2.17. The van der Waals surface area contributed by atoms with Crippen molar-refractivity contribution in [2.45, 2.75) is 11.8 Å². The van der Waals surface area contributed by atoms with Gasteiger partial charge in [-0.2, -0.15) is 5.10 Å². The monoisotopic (exact) mass is 490 g/mol. The molecule has 0 atom stereocenters. The summed E-state index contributed by atoms with van der Waals surface area (Å²) >= 11 is 6.11. The Morgan fingerprint density at radius 1 is 0.912 bits per heavy atom. The number of H-pyrrole nitrogens is 1. The maximum atomic E-state index is 12.8. The van der Waals surface area contributed by atoms with Gasteiger partial charge in [0.1, 0.15) is 17.8 Å². The Bertz CT molecular complexity index is 1600. The van der Waals surface area contributed by atoms with Crippen molar-refractivity contribution in [1.29, 1.82) is 0 Å². The highest BCUT2D eigenvalue weighted by molar-refractivity contribution is 7.92. The summed E-state index contributed by atoms with van der Waals surface area (Å²) in [5.41, 5.74) is 3.97. The predicted molar refractivity (Wildman–Crippen MR) is 134 cm³/mol. The van der Waals surface area contributed by atoms with Gasteiger partial charge in [-0.3, -0.25) is 9.82 Å². The van der Waals surface area contributed by atoms with Gasteiger partial charge in [-0.25, -0.2) is 18.4 Å². The maximum absolute atomic E-state index is 12.8. The molecule has 0 aliphatic heterocycles. The SMILES string of the molecule is Cc1ccc(S(=O)(=O)Nc2cccc(-c3n[nH]c4ncnc(Nc5cccc(Cl)c5)c34)c2)cc1. The van der Waals surface area contributed by atoms with Crippen molar-refractivity contribution in [2.24, 2.45) is 0 Å². The molecule has 2 aromatic heterocycles. The van der Waals surface area contributed by atoms with Crippen molar-refractivity contribution in [3.05, 3.63) is 89.7 Å². The number of hydrogen-bond donors (Lipinski definition) is 3. The van der Waals surface area contributed by atoms with E-state index in [2.05, 4.69) is 30.2 Å². The van der Waals surface area contributed by atoms with Gasteiger partial charge in [0.05, 0.1) is 10.3 Å². The Labute approximate surface area is 201 Å². The molecule has 10 heteroatoms. The molecule has 2 heterocycles. The van der Waals surface area contributed by atoms with E-state index >= 15 is 0 Å². The third-order valence-electron chi connectivity index (χ3n) is 5.16. The van der Waals surface area contributed by atoms with E-state index in [0.29, 0.717) is 38.8 Å². The van der Waals surface area contributed by atoms with Gasteiger partial charge in [0.25, 0.3) is 10.0 Å². The molecule has 0 bridgehead atoms. The van der Waals surface area contributed by atoms with Gasteiger partial charge >= 0.3 is 0 Å². The van der Waals surface area contributed by atoms with E-state index in [-0.39, 0.29) is 4.90 Å². The fourth-order valence-electron chi connectivity index (χ4n) is 3.53. The average molecular weight is 491 g/mol. The number of rotatable bonds is 6. The number of nitrogens with zero attached hydrogens (tertiary/aromatic N) is 3. The Morgan fingerprint density at radius 2 is 1.68 bits per heavy atom. The number of hydrogen-bond acceptors (Lipinski definition) is 6. The number of aryl methyl sites for hydroxylation is 1. The first-order chi connectivity index (χ1) is 16.4. The first-order valence-electron chi connectivity index (χ1n) is 10.3. The number of anilines is 3. The quantitative estimate of drug-likeness (QED) is 0.288. The summed E-state index contributed by atoms with van der Waals surface area (Å²) in [5.74, 6) is 0.543. The van der Waals surface area contributed by atoms with E-state index in [9.17, 15) is 8.42 Å². The fraction of sp³-hybridized carbons (Fsp3) is 0.0417. The summed E-state index contributed by atoms with van der Waals surface area (Å²) in [4.78, 5) is 8.84. The number of aromatic amines is 1. The number of aromatic nitrogens is 4.